The zero-order chi connectivity index (χ0) is 10.3. The van der Waals surface area contributed by atoms with Gasteiger partial charge in [0.15, 0.2) is 0 Å². The zero-order valence-electron chi connectivity index (χ0n) is 8.08. The molecule has 2 N–H and O–H groups in total. The standard InChI is InChI=1S/C10H16O3/c1-8(2)4-3-5-9(6-7-11)10(12)13/h4,6,11H,3,5,7H2,1-2H3,(H,12,13)/b9-6+. The number of allylic oxidation sites excluding steroid dienone is 2. The summed E-state index contributed by atoms with van der Waals surface area (Å²) in [5.41, 5.74) is 1.45. The molecule has 0 amide bonds. The first-order valence-electron chi connectivity index (χ1n) is 4.24. The van der Waals surface area contributed by atoms with Gasteiger partial charge in [-0.15, -0.1) is 0 Å². The molecule has 13 heavy (non-hydrogen) atoms. The van der Waals surface area contributed by atoms with E-state index >= 15 is 0 Å². The van der Waals surface area contributed by atoms with E-state index in [0.717, 1.165) is 0 Å². The number of hydrogen-bond acceptors (Lipinski definition) is 2. The summed E-state index contributed by atoms with van der Waals surface area (Å²) in [6.45, 7) is 3.73. The summed E-state index contributed by atoms with van der Waals surface area (Å²) >= 11 is 0. The van der Waals surface area contributed by atoms with Crippen LogP contribution in [0.4, 0.5) is 0 Å². The number of aliphatic hydroxyl groups is 1. The maximum atomic E-state index is 10.6. The lowest BCUT2D eigenvalue weighted by Crippen LogP contribution is -2.01. The highest BCUT2D eigenvalue weighted by atomic mass is 16.4. The lowest BCUT2D eigenvalue weighted by molar-refractivity contribution is -0.132. The fourth-order valence-corrected chi connectivity index (χ4v) is 0.923. The fourth-order valence-electron chi connectivity index (χ4n) is 0.923. The van der Waals surface area contributed by atoms with E-state index in [9.17, 15) is 4.79 Å². The second-order valence-electron chi connectivity index (χ2n) is 3.04. The molecule has 0 spiro atoms. The third-order valence-electron chi connectivity index (χ3n) is 1.58. The topological polar surface area (TPSA) is 57.5 Å². The van der Waals surface area contributed by atoms with Crippen molar-refractivity contribution < 1.29 is 15.0 Å². The van der Waals surface area contributed by atoms with E-state index in [1.54, 1.807) is 0 Å². The minimum Gasteiger partial charge on any atom is -0.478 e. The van der Waals surface area contributed by atoms with Gasteiger partial charge >= 0.3 is 5.97 Å². The van der Waals surface area contributed by atoms with Crippen LogP contribution in [0.15, 0.2) is 23.3 Å². The Morgan fingerprint density at radius 3 is 2.31 bits per heavy atom. The minimum atomic E-state index is -0.948. The van der Waals surface area contributed by atoms with Crippen molar-refractivity contribution >= 4 is 5.97 Å². The maximum absolute atomic E-state index is 10.6. The molecule has 0 heterocycles. The van der Waals surface area contributed by atoms with Gasteiger partial charge in [0, 0.05) is 5.57 Å². The Labute approximate surface area is 78.4 Å². The molecular formula is C10H16O3. The molecule has 0 aromatic heterocycles. The molecule has 0 aliphatic heterocycles. The third-order valence-corrected chi connectivity index (χ3v) is 1.58. The summed E-state index contributed by atoms with van der Waals surface area (Å²) in [6, 6.07) is 0. The van der Waals surface area contributed by atoms with Crippen LogP contribution in [-0.4, -0.2) is 22.8 Å². The van der Waals surface area contributed by atoms with Gasteiger partial charge < -0.3 is 10.2 Å². The van der Waals surface area contributed by atoms with Crippen LogP contribution in [0.5, 0.6) is 0 Å². The van der Waals surface area contributed by atoms with Gasteiger partial charge in [-0.05, 0) is 32.8 Å². The van der Waals surface area contributed by atoms with Gasteiger partial charge in [0.25, 0.3) is 0 Å². The van der Waals surface area contributed by atoms with E-state index in [1.165, 1.54) is 11.6 Å². The van der Waals surface area contributed by atoms with Crippen molar-refractivity contribution in [3.05, 3.63) is 23.3 Å². The van der Waals surface area contributed by atoms with Crippen LogP contribution < -0.4 is 0 Å². The molecule has 74 valence electrons. The summed E-state index contributed by atoms with van der Waals surface area (Å²) < 4.78 is 0. The smallest absolute Gasteiger partial charge is 0.331 e. The maximum Gasteiger partial charge on any atom is 0.331 e. The second-order valence-corrected chi connectivity index (χ2v) is 3.04. The SMILES string of the molecule is CC(C)=CCC/C(=C\CO)C(=O)O. The normalized spacial score (nSPS) is 11.2. The summed E-state index contributed by atoms with van der Waals surface area (Å²) in [4.78, 5) is 10.6. The van der Waals surface area contributed by atoms with Crippen molar-refractivity contribution in [3.63, 3.8) is 0 Å². The summed E-state index contributed by atoms with van der Waals surface area (Å²) in [5, 5.41) is 17.2. The van der Waals surface area contributed by atoms with Crippen LogP contribution in [0.2, 0.25) is 0 Å². The summed E-state index contributed by atoms with van der Waals surface area (Å²) in [5.74, 6) is -0.948. The molecule has 0 aromatic carbocycles. The molecule has 3 heteroatoms. The van der Waals surface area contributed by atoms with Crippen LogP contribution in [-0.2, 0) is 4.79 Å². The number of rotatable bonds is 5. The molecule has 0 aromatic rings. The van der Waals surface area contributed by atoms with Crippen LogP contribution >= 0.6 is 0 Å². The Morgan fingerprint density at radius 1 is 1.31 bits per heavy atom. The van der Waals surface area contributed by atoms with Crippen molar-refractivity contribution in [2.24, 2.45) is 0 Å². The lowest BCUT2D eigenvalue weighted by Gasteiger charge is -1.98. The first-order valence-corrected chi connectivity index (χ1v) is 4.24. The Morgan fingerprint density at radius 2 is 1.92 bits per heavy atom. The van der Waals surface area contributed by atoms with E-state index in [-0.39, 0.29) is 12.2 Å². The van der Waals surface area contributed by atoms with Crippen molar-refractivity contribution in [2.75, 3.05) is 6.61 Å². The number of carboxylic acids is 1. The van der Waals surface area contributed by atoms with Crippen LogP contribution in [0, 0.1) is 0 Å². The molecule has 0 radical (unpaired) electrons. The van der Waals surface area contributed by atoms with Crippen molar-refractivity contribution in [3.8, 4) is 0 Å². The first-order chi connectivity index (χ1) is 6.07. The molecule has 0 saturated carbocycles. The highest BCUT2D eigenvalue weighted by Crippen LogP contribution is 2.07. The molecule has 0 saturated heterocycles. The van der Waals surface area contributed by atoms with Gasteiger partial charge in [-0.25, -0.2) is 4.79 Å². The minimum absolute atomic E-state index is 0.212. The number of aliphatic carboxylic acids is 1. The van der Waals surface area contributed by atoms with Crippen molar-refractivity contribution in [2.45, 2.75) is 26.7 Å². The Bertz CT molecular complexity index is 222. The van der Waals surface area contributed by atoms with E-state index in [1.807, 2.05) is 19.9 Å². The average Bonchev–Trinajstić information content (AvgIpc) is 2.02. The van der Waals surface area contributed by atoms with Crippen molar-refractivity contribution in [1.82, 2.24) is 0 Å². The molecule has 0 bridgehead atoms. The molecule has 0 aliphatic carbocycles. The molecule has 0 fully saturated rings. The molecule has 3 nitrogen and oxygen atoms in total. The highest BCUT2D eigenvalue weighted by molar-refractivity contribution is 5.86. The van der Waals surface area contributed by atoms with E-state index in [4.69, 9.17) is 10.2 Å². The van der Waals surface area contributed by atoms with Gasteiger partial charge in [0.05, 0.1) is 6.61 Å². The number of carbonyl (C=O) groups is 1. The van der Waals surface area contributed by atoms with Gasteiger partial charge in [-0.2, -0.15) is 0 Å². The van der Waals surface area contributed by atoms with E-state index in [2.05, 4.69) is 0 Å². The Hall–Kier alpha value is -1.09. The predicted octanol–water partition coefficient (Wildman–Crippen LogP) is 1.74. The number of carboxylic acid groups (broad SMARTS) is 1. The quantitative estimate of drug-likeness (QED) is 0.505. The van der Waals surface area contributed by atoms with E-state index in [0.29, 0.717) is 12.8 Å². The van der Waals surface area contributed by atoms with Gasteiger partial charge in [0.1, 0.15) is 0 Å². The summed E-state index contributed by atoms with van der Waals surface area (Å²) in [6.07, 6.45) is 4.50. The highest BCUT2D eigenvalue weighted by Gasteiger charge is 2.04. The van der Waals surface area contributed by atoms with Crippen LogP contribution in [0.25, 0.3) is 0 Å². The van der Waals surface area contributed by atoms with Crippen LogP contribution in [0.3, 0.4) is 0 Å². The number of hydrogen-bond donors (Lipinski definition) is 2. The average molecular weight is 184 g/mol. The van der Waals surface area contributed by atoms with Crippen LogP contribution in [0.1, 0.15) is 26.7 Å². The predicted molar refractivity (Wildman–Crippen MR) is 51.5 cm³/mol. The summed E-state index contributed by atoms with van der Waals surface area (Å²) in [7, 11) is 0. The molecule has 0 unspecified atom stereocenters. The molecule has 0 atom stereocenters. The van der Waals surface area contributed by atoms with Gasteiger partial charge in [-0.1, -0.05) is 11.6 Å². The second kappa shape index (κ2) is 6.43. The van der Waals surface area contributed by atoms with Crippen molar-refractivity contribution in [1.29, 1.82) is 0 Å². The Balaban J connectivity index is 4.06. The van der Waals surface area contributed by atoms with Gasteiger partial charge in [-0.3, -0.25) is 0 Å². The fraction of sp³-hybridized carbons (Fsp3) is 0.500. The molecule has 0 aliphatic rings. The molecule has 0 rings (SSSR count). The first kappa shape index (κ1) is 11.9. The van der Waals surface area contributed by atoms with E-state index < -0.39 is 5.97 Å². The number of aliphatic hydroxyl groups excluding tert-OH is 1. The van der Waals surface area contributed by atoms with Gasteiger partial charge in [0.2, 0.25) is 0 Å². The zero-order valence-corrected chi connectivity index (χ0v) is 8.08. The third kappa shape index (κ3) is 6.11. The lowest BCUT2D eigenvalue weighted by atomic mass is 10.1. The largest absolute Gasteiger partial charge is 0.478 e. The Kier molecular flexibility index (Phi) is 5.89. The monoisotopic (exact) mass is 184 g/mol. The molecular weight excluding hydrogens is 168 g/mol.